The van der Waals surface area contributed by atoms with E-state index in [4.69, 9.17) is 9.47 Å². The molecule has 0 aliphatic rings. The van der Waals surface area contributed by atoms with Crippen molar-refractivity contribution in [3.05, 3.63) is 59.2 Å². The van der Waals surface area contributed by atoms with E-state index in [0.29, 0.717) is 36.3 Å². The monoisotopic (exact) mass is 341 g/mol. The summed E-state index contributed by atoms with van der Waals surface area (Å²) in [6.45, 7) is 2.37. The van der Waals surface area contributed by atoms with Crippen molar-refractivity contribution in [3.63, 3.8) is 0 Å². The molecule has 0 bridgehead atoms. The Hall–Kier alpha value is -2.82. The van der Waals surface area contributed by atoms with Crippen LogP contribution in [0.25, 0.3) is 0 Å². The third-order valence-corrected chi connectivity index (χ3v) is 3.98. The molecule has 0 aromatic heterocycles. The molecule has 0 spiro atoms. The first kappa shape index (κ1) is 18.5. The van der Waals surface area contributed by atoms with Crippen LogP contribution < -0.4 is 14.8 Å². The topological polar surface area (TPSA) is 64.6 Å². The lowest BCUT2D eigenvalue weighted by Gasteiger charge is -2.13. The van der Waals surface area contributed by atoms with Crippen LogP contribution in [-0.4, -0.2) is 33.0 Å². The van der Waals surface area contributed by atoms with Gasteiger partial charge in [-0.05, 0) is 36.6 Å². The molecule has 1 N–H and O–H groups in total. The summed E-state index contributed by atoms with van der Waals surface area (Å²) in [7, 11) is 3.17. The molecule has 25 heavy (non-hydrogen) atoms. The minimum absolute atomic E-state index is 0.291. The van der Waals surface area contributed by atoms with Crippen LogP contribution in [0.15, 0.2) is 42.5 Å². The Morgan fingerprint density at radius 2 is 1.88 bits per heavy atom. The van der Waals surface area contributed by atoms with Crippen molar-refractivity contribution in [1.82, 2.24) is 5.32 Å². The van der Waals surface area contributed by atoms with Crippen LogP contribution in [0.3, 0.4) is 0 Å². The molecule has 1 atom stereocenters. The molecular weight excluding hydrogens is 318 g/mol. The Kier molecular flexibility index (Phi) is 6.57. The van der Waals surface area contributed by atoms with E-state index in [0.717, 1.165) is 11.1 Å². The van der Waals surface area contributed by atoms with E-state index in [9.17, 15) is 9.59 Å². The van der Waals surface area contributed by atoms with Crippen LogP contribution in [0.2, 0.25) is 0 Å². The standard InChI is InChI=1S/C20H23NO4/c1-14-5-4-6-16(11-14)17(13-22)20(23)21-10-9-15-7-8-18(24-2)19(12-15)25-3/h4-8,11-13,17H,9-10H2,1-3H3,(H,21,23). The number of nitrogens with one attached hydrogen (secondary N) is 1. The predicted octanol–water partition coefficient (Wildman–Crippen LogP) is 2.65. The van der Waals surface area contributed by atoms with Crippen LogP contribution in [0.1, 0.15) is 22.6 Å². The van der Waals surface area contributed by atoms with Gasteiger partial charge in [-0.25, -0.2) is 0 Å². The maximum absolute atomic E-state index is 12.3. The Balaban J connectivity index is 1.96. The Morgan fingerprint density at radius 1 is 1.12 bits per heavy atom. The number of ether oxygens (including phenoxy) is 2. The molecule has 0 fully saturated rings. The molecule has 0 saturated heterocycles. The van der Waals surface area contributed by atoms with E-state index in [2.05, 4.69) is 5.32 Å². The van der Waals surface area contributed by atoms with Crippen molar-refractivity contribution in [3.8, 4) is 11.5 Å². The molecular formula is C20H23NO4. The quantitative estimate of drug-likeness (QED) is 0.592. The Labute approximate surface area is 148 Å². The number of carbonyl (C=O) groups is 2. The second-order valence-electron chi connectivity index (χ2n) is 5.76. The second kappa shape index (κ2) is 8.87. The number of benzene rings is 2. The highest BCUT2D eigenvalue weighted by atomic mass is 16.5. The van der Waals surface area contributed by atoms with Gasteiger partial charge in [0, 0.05) is 6.54 Å². The Morgan fingerprint density at radius 3 is 2.52 bits per heavy atom. The van der Waals surface area contributed by atoms with Crippen LogP contribution in [0, 0.1) is 6.92 Å². The number of methoxy groups -OCH3 is 2. The van der Waals surface area contributed by atoms with Crippen molar-refractivity contribution in [2.75, 3.05) is 20.8 Å². The van der Waals surface area contributed by atoms with E-state index >= 15 is 0 Å². The van der Waals surface area contributed by atoms with Gasteiger partial charge in [-0.1, -0.05) is 35.9 Å². The average molecular weight is 341 g/mol. The highest BCUT2D eigenvalue weighted by molar-refractivity contribution is 5.97. The molecule has 0 aliphatic heterocycles. The summed E-state index contributed by atoms with van der Waals surface area (Å²) < 4.78 is 10.5. The van der Waals surface area contributed by atoms with Gasteiger partial charge in [0.15, 0.2) is 11.5 Å². The summed E-state index contributed by atoms with van der Waals surface area (Å²) >= 11 is 0. The van der Waals surface area contributed by atoms with Gasteiger partial charge in [0.05, 0.1) is 14.2 Å². The fraction of sp³-hybridized carbons (Fsp3) is 0.300. The molecule has 132 valence electrons. The van der Waals surface area contributed by atoms with Gasteiger partial charge in [0.1, 0.15) is 12.2 Å². The van der Waals surface area contributed by atoms with Gasteiger partial charge in [0.2, 0.25) is 5.91 Å². The molecule has 0 heterocycles. The minimum Gasteiger partial charge on any atom is -0.493 e. The van der Waals surface area contributed by atoms with Crippen molar-refractivity contribution in [2.45, 2.75) is 19.3 Å². The maximum atomic E-state index is 12.3. The molecule has 1 unspecified atom stereocenters. The largest absolute Gasteiger partial charge is 0.493 e. The molecule has 0 aliphatic carbocycles. The first-order chi connectivity index (χ1) is 12.1. The lowest BCUT2D eigenvalue weighted by Crippen LogP contribution is -2.31. The summed E-state index contributed by atoms with van der Waals surface area (Å²) in [4.78, 5) is 23.7. The fourth-order valence-electron chi connectivity index (χ4n) is 2.63. The minimum atomic E-state index is -0.787. The third-order valence-electron chi connectivity index (χ3n) is 3.98. The lowest BCUT2D eigenvalue weighted by atomic mass is 9.98. The van der Waals surface area contributed by atoms with Gasteiger partial charge in [-0.3, -0.25) is 4.79 Å². The van der Waals surface area contributed by atoms with E-state index in [-0.39, 0.29) is 5.91 Å². The van der Waals surface area contributed by atoms with Gasteiger partial charge in [-0.2, -0.15) is 0 Å². The molecule has 0 radical (unpaired) electrons. The van der Waals surface area contributed by atoms with Gasteiger partial charge in [0.25, 0.3) is 0 Å². The van der Waals surface area contributed by atoms with Gasteiger partial charge >= 0.3 is 0 Å². The van der Waals surface area contributed by atoms with Crippen LogP contribution in [0.4, 0.5) is 0 Å². The highest BCUT2D eigenvalue weighted by Gasteiger charge is 2.19. The highest BCUT2D eigenvalue weighted by Crippen LogP contribution is 2.27. The summed E-state index contributed by atoms with van der Waals surface area (Å²) in [5, 5.41) is 2.82. The average Bonchev–Trinajstić information content (AvgIpc) is 2.62. The van der Waals surface area contributed by atoms with Crippen LogP contribution >= 0.6 is 0 Å². The van der Waals surface area contributed by atoms with Crippen molar-refractivity contribution < 1.29 is 19.1 Å². The van der Waals surface area contributed by atoms with Crippen molar-refractivity contribution in [1.29, 1.82) is 0 Å². The number of hydrogen-bond acceptors (Lipinski definition) is 4. The molecule has 5 nitrogen and oxygen atoms in total. The molecule has 5 heteroatoms. The Bertz CT molecular complexity index is 742. The SMILES string of the molecule is COc1ccc(CCNC(=O)C(C=O)c2cccc(C)c2)cc1OC. The van der Waals surface area contributed by atoms with Gasteiger partial charge in [-0.15, -0.1) is 0 Å². The third kappa shape index (κ3) is 4.83. The summed E-state index contributed by atoms with van der Waals surface area (Å²) in [6, 6.07) is 13.1. The fourth-order valence-corrected chi connectivity index (χ4v) is 2.63. The van der Waals surface area contributed by atoms with Crippen LogP contribution in [-0.2, 0) is 16.0 Å². The summed E-state index contributed by atoms with van der Waals surface area (Å²) in [6.07, 6.45) is 1.31. The zero-order valence-corrected chi connectivity index (χ0v) is 14.7. The molecule has 1 amide bonds. The smallest absolute Gasteiger partial charge is 0.234 e. The first-order valence-corrected chi connectivity index (χ1v) is 8.09. The van der Waals surface area contributed by atoms with E-state index in [1.54, 1.807) is 20.3 Å². The number of carbonyl (C=O) groups excluding carboxylic acids is 2. The molecule has 2 rings (SSSR count). The zero-order valence-electron chi connectivity index (χ0n) is 14.7. The van der Waals surface area contributed by atoms with E-state index in [1.165, 1.54) is 0 Å². The number of hydrogen-bond donors (Lipinski definition) is 1. The van der Waals surface area contributed by atoms with Gasteiger partial charge < -0.3 is 19.6 Å². The number of aryl methyl sites for hydroxylation is 1. The first-order valence-electron chi connectivity index (χ1n) is 8.09. The number of rotatable bonds is 8. The van der Waals surface area contributed by atoms with Crippen molar-refractivity contribution in [2.24, 2.45) is 0 Å². The molecule has 0 saturated carbocycles. The summed E-state index contributed by atoms with van der Waals surface area (Å²) in [5.74, 6) is 0.235. The number of amides is 1. The lowest BCUT2D eigenvalue weighted by molar-refractivity contribution is -0.125. The maximum Gasteiger partial charge on any atom is 0.234 e. The van der Waals surface area contributed by atoms with Crippen LogP contribution in [0.5, 0.6) is 11.5 Å². The summed E-state index contributed by atoms with van der Waals surface area (Å²) in [5.41, 5.74) is 2.73. The molecule has 2 aromatic carbocycles. The van der Waals surface area contributed by atoms with E-state index < -0.39 is 5.92 Å². The predicted molar refractivity (Wildman–Crippen MR) is 96.2 cm³/mol. The molecule has 2 aromatic rings. The zero-order chi connectivity index (χ0) is 18.2. The second-order valence-corrected chi connectivity index (χ2v) is 5.76. The van der Waals surface area contributed by atoms with E-state index in [1.807, 2.05) is 43.3 Å². The number of aldehydes is 1. The van der Waals surface area contributed by atoms with Crippen molar-refractivity contribution >= 4 is 12.2 Å². The normalized spacial score (nSPS) is 11.5.